The van der Waals surface area contributed by atoms with E-state index >= 15 is 0 Å². The van der Waals surface area contributed by atoms with Crippen LogP contribution in [-0.4, -0.2) is 49.5 Å². The zero-order chi connectivity index (χ0) is 17.6. The number of ether oxygens (including phenoxy) is 3. The average molecular weight is 337 g/mol. The lowest BCUT2D eigenvalue weighted by molar-refractivity contribution is -0.139. The first-order valence-corrected chi connectivity index (χ1v) is 7.92. The lowest BCUT2D eigenvalue weighted by atomic mass is 9.86. The van der Waals surface area contributed by atoms with Crippen LogP contribution in [0.1, 0.15) is 36.5 Å². The van der Waals surface area contributed by atoms with Gasteiger partial charge in [0, 0.05) is 18.8 Å². The minimum absolute atomic E-state index is 0.129. The molecule has 2 N–H and O–H groups in total. The largest absolute Gasteiger partial charge is 0.493 e. The molecular weight excluding hydrogens is 314 g/mol. The van der Waals surface area contributed by atoms with E-state index in [2.05, 4.69) is 5.32 Å². The molecule has 7 heteroatoms. The van der Waals surface area contributed by atoms with Crippen molar-refractivity contribution in [2.45, 2.75) is 31.7 Å². The Labute approximate surface area is 140 Å². The van der Waals surface area contributed by atoms with Gasteiger partial charge in [0.1, 0.15) is 0 Å². The minimum atomic E-state index is -0.943. The third kappa shape index (κ3) is 4.38. The fourth-order valence-corrected chi connectivity index (χ4v) is 2.79. The fourth-order valence-electron chi connectivity index (χ4n) is 2.79. The van der Waals surface area contributed by atoms with E-state index in [0.29, 0.717) is 49.7 Å². The zero-order valence-corrected chi connectivity index (χ0v) is 14.0. The molecule has 2 rings (SSSR count). The van der Waals surface area contributed by atoms with Crippen molar-refractivity contribution in [3.63, 3.8) is 0 Å². The van der Waals surface area contributed by atoms with Crippen molar-refractivity contribution in [3.05, 3.63) is 23.8 Å². The maximum Gasteiger partial charge on any atom is 0.305 e. The maximum absolute atomic E-state index is 12.6. The second-order valence-electron chi connectivity index (χ2n) is 5.72. The van der Waals surface area contributed by atoms with E-state index in [4.69, 9.17) is 19.3 Å². The highest BCUT2D eigenvalue weighted by molar-refractivity contribution is 5.95. The highest BCUT2D eigenvalue weighted by Crippen LogP contribution is 2.29. The number of carbonyl (C=O) groups is 2. The minimum Gasteiger partial charge on any atom is -0.493 e. The first kappa shape index (κ1) is 18.1. The zero-order valence-electron chi connectivity index (χ0n) is 14.0. The van der Waals surface area contributed by atoms with Crippen LogP contribution in [0.2, 0.25) is 0 Å². The summed E-state index contributed by atoms with van der Waals surface area (Å²) in [6, 6.07) is 4.90. The Morgan fingerprint density at radius 1 is 1.29 bits per heavy atom. The summed E-state index contributed by atoms with van der Waals surface area (Å²) >= 11 is 0. The monoisotopic (exact) mass is 337 g/mol. The van der Waals surface area contributed by atoms with Crippen LogP contribution >= 0.6 is 0 Å². The van der Waals surface area contributed by atoms with Crippen molar-refractivity contribution in [3.8, 4) is 11.5 Å². The number of methoxy groups -OCH3 is 1. The number of nitrogens with one attached hydrogen (secondary N) is 1. The van der Waals surface area contributed by atoms with E-state index in [-0.39, 0.29) is 12.3 Å². The fraction of sp³-hybridized carbons (Fsp3) is 0.529. The molecule has 0 radical (unpaired) electrons. The molecule has 1 aromatic carbocycles. The molecule has 1 saturated heterocycles. The van der Waals surface area contributed by atoms with Crippen LogP contribution in [0.5, 0.6) is 11.5 Å². The molecule has 0 unspecified atom stereocenters. The predicted molar refractivity (Wildman–Crippen MR) is 86.7 cm³/mol. The van der Waals surface area contributed by atoms with Crippen molar-refractivity contribution in [2.75, 3.05) is 26.9 Å². The van der Waals surface area contributed by atoms with Crippen molar-refractivity contribution >= 4 is 11.9 Å². The normalized spacial score (nSPS) is 16.2. The number of hydrogen-bond donors (Lipinski definition) is 2. The van der Waals surface area contributed by atoms with Crippen molar-refractivity contribution < 1.29 is 28.9 Å². The second kappa shape index (κ2) is 8.01. The number of rotatable bonds is 7. The van der Waals surface area contributed by atoms with Crippen LogP contribution in [-0.2, 0) is 9.53 Å². The molecule has 1 heterocycles. The lowest BCUT2D eigenvalue weighted by Crippen LogP contribution is -2.53. The van der Waals surface area contributed by atoms with Crippen LogP contribution in [0.25, 0.3) is 0 Å². The van der Waals surface area contributed by atoms with E-state index in [0.717, 1.165) is 0 Å². The molecule has 0 aliphatic carbocycles. The summed E-state index contributed by atoms with van der Waals surface area (Å²) in [5.74, 6) is -0.257. The number of hydrogen-bond acceptors (Lipinski definition) is 5. The van der Waals surface area contributed by atoms with Gasteiger partial charge in [-0.2, -0.15) is 0 Å². The van der Waals surface area contributed by atoms with Crippen LogP contribution in [0.15, 0.2) is 18.2 Å². The topological polar surface area (TPSA) is 94.1 Å². The Morgan fingerprint density at radius 3 is 2.58 bits per heavy atom. The SMILES string of the molecule is CCOc1ccc(C(=O)NC2(CC(=O)O)CCOCC2)cc1OC. The number of carboxylic acids is 1. The van der Waals surface area contributed by atoms with Crippen molar-refractivity contribution in [1.82, 2.24) is 5.32 Å². The number of benzene rings is 1. The predicted octanol–water partition coefficient (Wildman–Crippen LogP) is 1.85. The number of aliphatic carboxylic acids is 1. The van der Waals surface area contributed by atoms with E-state index < -0.39 is 11.5 Å². The summed E-state index contributed by atoms with van der Waals surface area (Å²) in [6.07, 6.45) is 0.814. The molecule has 1 aliphatic rings. The van der Waals surface area contributed by atoms with Gasteiger partial charge in [0.25, 0.3) is 5.91 Å². The summed E-state index contributed by atoms with van der Waals surface area (Å²) in [5, 5.41) is 12.1. The van der Waals surface area contributed by atoms with Crippen LogP contribution in [0.3, 0.4) is 0 Å². The molecule has 0 atom stereocenters. The van der Waals surface area contributed by atoms with Gasteiger partial charge in [-0.1, -0.05) is 0 Å². The molecule has 0 spiro atoms. The smallest absolute Gasteiger partial charge is 0.305 e. The third-order valence-electron chi connectivity index (χ3n) is 4.04. The average Bonchev–Trinajstić information content (AvgIpc) is 2.55. The highest BCUT2D eigenvalue weighted by atomic mass is 16.5. The van der Waals surface area contributed by atoms with Gasteiger partial charge in [-0.05, 0) is 38.0 Å². The van der Waals surface area contributed by atoms with E-state index in [1.165, 1.54) is 7.11 Å². The van der Waals surface area contributed by atoms with Gasteiger partial charge >= 0.3 is 5.97 Å². The van der Waals surface area contributed by atoms with Gasteiger partial charge in [0.15, 0.2) is 11.5 Å². The van der Waals surface area contributed by atoms with Gasteiger partial charge in [0.05, 0.1) is 25.7 Å². The van der Waals surface area contributed by atoms with Gasteiger partial charge in [-0.15, -0.1) is 0 Å². The summed E-state index contributed by atoms with van der Waals surface area (Å²) in [4.78, 5) is 23.8. The Kier molecular flexibility index (Phi) is 6.03. The van der Waals surface area contributed by atoms with Crippen LogP contribution < -0.4 is 14.8 Å². The van der Waals surface area contributed by atoms with Gasteiger partial charge in [-0.25, -0.2) is 0 Å². The molecule has 132 valence electrons. The van der Waals surface area contributed by atoms with Crippen LogP contribution in [0.4, 0.5) is 0 Å². The molecular formula is C17H23NO6. The molecule has 7 nitrogen and oxygen atoms in total. The molecule has 1 fully saturated rings. The Hall–Kier alpha value is -2.28. The Balaban J connectivity index is 2.18. The van der Waals surface area contributed by atoms with Gasteiger partial charge < -0.3 is 24.6 Å². The van der Waals surface area contributed by atoms with E-state index in [1.54, 1.807) is 18.2 Å². The second-order valence-corrected chi connectivity index (χ2v) is 5.72. The first-order chi connectivity index (χ1) is 11.5. The van der Waals surface area contributed by atoms with Gasteiger partial charge in [0.2, 0.25) is 0 Å². The van der Waals surface area contributed by atoms with Crippen LogP contribution in [0, 0.1) is 0 Å². The summed E-state index contributed by atoms with van der Waals surface area (Å²) in [5.41, 5.74) is -0.390. The van der Waals surface area contributed by atoms with Gasteiger partial charge in [-0.3, -0.25) is 9.59 Å². The number of amides is 1. The molecule has 1 aliphatic heterocycles. The molecule has 1 aromatic rings. The van der Waals surface area contributed by atoms with E-state index in [9.17, 15) is 9.59 Å². The van der Waals surface area contributed by atoms with Crippen molar-refractivity contribution in [1.29, 1.82) is 0 Å². The standard InChI is InChI=1S/C17H23NO6/c1-3-24-13-5-4-12(10-14(13)22-2)16(21)18-17(11-15(19)20)6-8-23-9-7-17/h4-5,10H,3,6-9,11H2,1-2H3,(H,18,21)(H,19,20). The molecule has 1 amide bonds. The first-order valence-electron chi connectivity index (χ1n) is 7.92. The summed E-state index contributed by atoms with van der Waals surface area (Å²) in [7, 11) is 1.50. The molecule has 0 saturated carbocycles. The molecule has 24 heavy (non-hydrogen) atoms. The van der Waals surface area contributed by atoms with Crippen molar-refractivity contribution in [2.24, 2.45) is 0 Å². The summed E-state index contributed by atoms with van der Waals surface area (Å²) < 4.78 is 16.0. The number of carboxylic acid groups (broad SMARTS) is 1. The highest BCUT2D eigenvalue weighted by Gasteiger charge is 2.36. The summed E-state index contributed by atoms with van der Waals surface area (Å²) in [6.45, 7) is 3.21. The number of carbonyl (C=O) groups excluding carboxylic acids is 1. The lowest BCUT2D eigenvalue weighted by Gasteiger charge is -2.36. The Bertz CT molecular complexity index is 595. The molecule has 0 bridgehead atoms. The quantitative estimate of drug-likeness (QED) is 0.788. The molecule has 0 aromatic heterocycles. The Morgan fingerprint density at radius 2 is 2.00 bits per heavy atom. The van der Waals surface area contributed by atoms with E-state index in [1.807, 2.05) is 6.92 Å². The third-order valence-corrected chi connectivity index (χ3v) is 4.04. The maximum atomic E-state index is 12.6.